The SMILES string of the molecule is CC(C)OCCCNC(=O)COc1ccc(Br)cc1Br. The van der Waals surface area contributed by atoms with Crippen molar-refractivity contribution in [1.82, 2.24) is 5.32 Å². The maximum atomic E-state index is 11.6. The smallest absolute Gasteiger partial charge is 0.257 e. The van der Waals surface area contributed by atoms with Crippen LogP contribution in [0.5, 0.6) is 5.75 Å². The average molecular weight is 409 g/mol. The number of carbonyl (C=O) groups excluding carboxylic acids is 1. The number of hydrogen-bond donors (Lipinski definition) is 1. The van der Waals surface area contributed by atoms with Gasteiger partial charge in [0.15, 0.2) is 6.61 Å². The van der Waals surface area contributed by atoms with E-state index in [1.54, 1.807) is 6.07 Å². The Balaban J connectivity index is 2.19. The molecule has 0 saturated heterocycles. The Bertz CT molecular complexity index is 438. The third-order valence-electron chi connectivity index (χ3n) is 2.35. The van der Waals surface area contributed by atoms with E-state index in [0.717, 1.165) is 15.4 Å². The van der Waals surface area contributed by atoms with Gasteiger partial charge < -0.3 is 14.8 Å². The number of ether oxygens (including phenoxy) is 2. The normalized spacial score (nSPS) is 10.7. The monoisotopic (exact) mass is 407 g/mol. The van der Waals surface area contributed by atoms with E-state index in [4.69, 9.17) is 9.47 Å². The molecule has 0 heterocycles. The number of carbonyl (C=O) groups is 1. The minimum atomic E-state index is -0.135. The van der Waals surface area contributed by atoms with Crippen LogP contribution in [0.25, 0.3) is 0 Å². The topological polar surface area (TPSA) is 47.6 Å². The molecule has 20 heavy (non-hydrogen) atoms. The molecule has 0 unspecified atom stereocenters. The molecule has 0 spiro atoms. The third kappa shape index (κ3) is 7.26. The summed E-state index contributed by atoms with van der Waals surface area (Å²) in [6, 6.07) is 5.54. The highest BCUT2D eigenvalue weighted by atomic mass is 79.9. The number of halogens is 2. The summed E-state index contributed by atoms with van der Waals surface area (Å²) in [6.07, 6.45) is 1.02. The zero-order valence-corrected chi connectivity index (χ0v) is 14.8. The number of benzene rings is 1. The molecule has 0 aliphatic heterocycles. The first-order valence-corrected chi connectivity index (χ1v) is 8.04. The highest BCUT2D eigenvalue weighted by molar-refractivity contribution is 9.11. The molecule has 0 aliphatic rings. The summed E-state index contributed by atoms with van der Waals surface area (Å²) in [6.45, 7) is 5.23. The Morgan fingerprint density at radius 1 is 1.35 bits per heavy atom. The van der Waals surface area contributed by atoms with Gasteiger partial charge in [-0.05, 0) is 54.4 Å². The van der Waals surface area contributed by atoms with Crippen molar-refractivity contribution in [3.05, 3.63) is 27.1 Å². The van der Waals surface area contributed by atoms with E-state index in [-0.39, 0.29) is 18.6 Å². The second-order valence-electron chi connectivity index (χ2n) is 4.49. The van der Waals surface area contributed by atoms with Crippen LogP contribution in [0, 0.1) is 0 Å². The fourth-order valence-corrected chi connectivity index (χ4v) is 2.57. The van der Waals surface area contributed by atoms with Gasteiger partial charge in [-0.3, -0.25) is 4.79 Å². The molecule has 0 saturated carbocycles. The molecule has 0 radical (unpaired) electrons. The van der Waals surface area contributed by atoms with Crippen molar-refractivity contribution in [2.45, 2.75) is 26.4 Å². The van der Waals surface area contributed by atoms with Crippen molar-refractivity contribution >= 4 is 37.8 Å². The van der Waals surface area contributed by atoms with Crippen molar-refractivity contribution in [2.24, 2.45) is 0 Å². The van der Waals surface area contributed by atoms with E-state index in [2.05, 4.69) is 37.2 Å². The molecule has 1 aromatic carbocycles. The first-order valence-electron chi connectivity index (χ1n) is 6.45. The molecule has 0 bridgehead atoms. The second-order valence-corrected chi connectivity index (χ2v) is 6.26. The van der Waals surface area contributed by atoms with Crippen molar-refractivity contribution in [1.29, 1.82) is 0 Å². The molecule has 0 aromatic heterocycles. The molecule has 1 aromatic rings. The quantitative estimate of drug-likeness (QED) is 0.669. The summed E-state index contributed by atoms with van der Waals surface area (Å²) in [5, 5.41) is 2.79. The van der Waals surface area contributed by atoms with E-state index in [1.807, 2.05) is 26.0 Å². The highest BCUT2D eigenvalue weighted by Gasteiger charge is 2.05. The maximum Gasteiger partial charge on any atom is 0.257 e. The first-order chi connectivity index (χ1) is 9.49. The predicted molar refractivity (Wildman–Crippen MR) is 86.1 cm³/mol. The van der Waals surface area contributed by atoms with Crippen LogP contribution in [-0.2, 0) is 9.53 Å². The molecule has 0 atom stereocenters. The van der Waals surface area contributed by atoms with Gasteiger partial charge in [0.05, 0.1) is 10.6 Å². The van der Waals surface area contributed by atoms with Gasteiger partial charge in [0.25, 0.3) is 5.91 Å². The molecule has 0 aliphatic carbocycles. The molecule has 112 valence electrons. The third-order valence-corrected chi connectivity index (χ3v) is 3.46. The van der Waals surface area contributed by atoms with Crippen LogP contribution in [0.15, 0.2) is 27.1 Å². The summed E-state index contributed by atoms with van der Waals surface area (Å²) < 4.78 is 12.6. The Morgan fingerprint density at radius 3 is 2.75 bits per heavy atom. The minimum Gasteiger partial charge on any atom is -0.483 e. The van der Waals surface area contributed by atoms with Gasteiger partial charge in [0, 0.05) is 17.6 Å². The summed E-state index contributed by atoms with van der Waals surface area (Å²) in [5.74, 6) is 0.510. The van der Waals surface area contributed by atoms with E-state index < -0.39 is 0 Å². The van der Waals surface area contributed by atoms with Crippen molar-refractivity contribution < 1.29 is 14.3 Å². The van der Waals surface area contributed by atoms with Crippen molar-refractivity contribution in [3.8, 4) is 5.75 Å². The van der Waals surface area contributed by atoms with Crippen LogP contribution in [0.4, 0.5) is 0 Å². The number of nitrogens with one attached hydrogen (secondary N) is 1. The first kappa shape index (κ1) is 17.5. The minimum absolute atomic E-state index is 0.00523. The summed E-state index contributed by atoms with van der Waals surface area (Å²) >= 11 is 6.74. The van der Waals surface area contributed by atoms with Crippen molar-refractivity contribution in [3.63, 3.8) is 0 Å². The Labute approximate surface area is 136 Å². The molecular formula is C14H19Br2NO3. The van der Waals surface area contributed by atoms with Gasteiger partial charge in [0.2, 0.25) is 0 Å². The second kappa shape index (κ2) is 9.37. The lowest BCUT2D eigenvalue weighted by molar-refractivity contribution is -0.123. The zero-order chi connectivity index (χ0) is 15.0. The van der Waals surface area contributed by atoms with E-state index >= 15 is 0 Å². The predicted octanol–water partition coefficient (Wildman–Crippen LogP) is 3.52. The fourth-order valence-electron chi connectivity index (χ4n) is 1.41. The van der Waals surface area contributed by atoms with Crippen LogP contribution in [0.1, 0.15) is 20.3 Å². The zero-order valence-electron chi connectivity index (χ0n) is 11.6. The van der Waals surface area contributed by atoms with Crippen LogP contribution in [-0.4, -0.2) is 31.8 Å². The fraction of sp³-hybridized carbons (Fsp3) is 0.500. The van der Waals surface area contributed by atoms with Gasteiger partial charge >= 0.3 is 0 Å². The molecule has 1 amide bonds. The molecule has 4 nitrogen and oxygen atoms in total. The van der Waals surface area contributed by atoms with Gasteiger partial charge in [-0.1, -0.05) is 15.9 Å². The van der Waals surface area contributed by atoms with Crippen LogP contribution in [0.3, 0.4) is 0 Å². The lowest BCUT2D eigenvalue weighted by atomic mass is 10.3. The van der Waals surface area contributed by atoms with Crippen LogP contribution < -0.4 is 10.1 Å². The lowest BCUT2D eigenvalue weighted by Crippen LogP contribution is -2.30. The van der Waals surface area contributed by atoms with E-state index in [0.29, 0.717) is 18.9 Å². The number of hydrogen-bond acceptors (Lipinski definition) is 3. The maximum absolute atomic E-state index is 11.6. The Morgan fingerprint density at radius 2 is 2.10 bits per heavy atom. The molecule has 6 heteroatoms. The van der Waals surface area contributed by atoms with Crippen LogP contribution >= 0.6 is 31.9 Å². The van der Waals surface area contributed by atoms with E-state index in [1.165, 1.54) is 0 Å². The Hall–Kier alpha value is -0.590. The number of amides is 1. The van der Waals surface area contributed by atoms with Gasteiger partial charge in [0.1, 0.15) is 5.75 Å². The summed E-state index contributed by atoms with van der Waals surface area (Å²) in [4.78, 5) is 11.6. The molecule has 1 N–H and O–H groups in total. The lowest BCUT2D eigenvalue weighted by Gasteiger charge is -2.10. The standard InChI is InChI=1S/C14H19Br2NO3/c1-10(2)19-7-3-6-17-14(18)9-20-13-5-4-11(15)8-12(13)16/h4-5,8,10H,3,6-7,9H2,1-2H3,(H,17,18). The molecule has 0 fully saturated rings. The van der Waals surface area contributed by atoms with Gasteiger partial charge in [-0.25, -0.2) is 0 Å². The summed E-state index contributed by atoms with van der Waals surface area (Å²) in [7, 11) is 0. The molecule has 1 rings (SSSR count). The summed E-state index contributed by atoms with van der Waals surface area (Å²) in [5.41, 5.74) is 0. The van der Waals surface area contributed by atoms with Gasteiger partial charge in [-0.15, -0.1) is 0 Å². The van der Waals surface area contributed by atoms with Crippen molar-refractivity contribution in [2.75, 3.05) is 19.8 Å². The van der Waals surface area contributed by atoms with Gasteiger partial charge in [-0.2, -0.15) is 0 Å². The Kier molecular flexibility index (Phi) is 8.18. The number of rotatable bonds is 8. The largest absolute Gasteiger partial charge is 0.483 e. The van der Waals surface area contributed by atoms with Crippen LogP contribution in [0.2, 0.25) is 0 Å². The highest BCUT2D eigenvalue weighted by Crippen LogP contribution is 2.27. The van der Waals surface area contributed by atoms with E-state index in [9.17, 15) is 4.79 Å². The average Bonchev–Trinajstić information content (AvgIpc) is 2.37. The molecular weight excluding hydrogens is 390 g/mol.